The molecule has 1 unspecified atom stereocenters. The van der Waals surface area contributed by atoms with E-state index in [9.17, 15) is 9.59 Å². The monoisotopic (exact) mass is 589 g/mol. The van der Waals surface area contributed by atoms with E-state index in [-0.39, 0.29) is 11.9 Å². The van der Waals surface area contributed by atoms with Crippen LogP contribution in [0.25, 0.3) is 0 Å². The van der Waals surface area contributed by atoms with Gasteiger partial charge in [0.2, 0.25) is 0 Å². The van der Waals surface area contributed by atoms with Gasteiger partial charge in [0, 0.05) is 6.42 Å². The molecule has 0 saturated heterocycles. The van der Waals surface area contributed by atoms with Gasteiger partial charge in [-0.2, -0.15) is 0 Å². The number of unbranched alkanes of at least 4 members (excludes halogenated alkanes) is 15. The number of carbonyl (C=O) groups excluding carboxylic acids is 1. The van der Waals surface area contributed by atoms with Crippen molar-refractivity contribution < 1.29 is 19.4 Å². The molecule has 0 heterocycles. The van der Waals surface area contributed by atoms with Gasteiger partial charge < -0.3 is 9.84 Å². The number of hydrogen-bond donors (Lipinski definition) is 1. The lowest BCUT2D eigenvalue weighted by atomic mass is 10.0. The third kappa shape index (κ3) is 37.9. The zero-order valence-corrected chi connectivity index (χ0v) is 28.1. The summed E-state index contributed by atoms with van der Waals surface area (Å²) in [5.74, 6) is -0.935. The molecule has 4 heteroatoms. The van der Waals surface area contributed by atoms with Gasteiger partial charge in [0.1, 0.15) is 0 Å². The smallest absolute Gasteiger partial charge is 0.306 e. The molecule has 244 valence electrons. The van der Waals surface area contributed by atoms with Crippen molar-refractivity contribution in [3.63, 3.8) is 0 Å². The molecule has 0 bridgehead atoms. The predicted octanol–water partition coefficient (Wildman–Crippen LogP) is 12.1. The Balaban J connectivity index is 0. The molecule has 0 aromatic rings. The highest BCUT2D eigenvalue weighted by Gasteiger charge is 2.09. The molecule has 0 spiro atoms. The van der Waals surface area contributed by atoms with Crippen molar-refractivity contribution in [2.24, 2.45) is 5.92 Å². The molecule has 0 aliphatic rings. The van der Waals surface area contributed by atoms with Crippen LogP contribution in [0.2, 0.25) is 0 Å². The number of carboxylic acids is 1. The van der Waals surface area contributed by atoms with Gasteiger partial charge in [-0.3, -0.25) is 9.59 Å². The summed E-state index contributed by atoms with van der Waals surface area (Å²) in [6.45, 7) is 6.27. The van der Waals surface area contributed by atoms with Gasteiger partial charge in [-0.25, -0.2) is 0 Å². The van der Waals surface area contributed by atoms with Gasteiger partial charge in [0.15, 0.2) is 0 Å². The van der Waals surface area contributed by atoms with E-state index in [2.05, 4.69) is 67.2 Å². The second-order valence-corrected chi connectivity index (χ2v) is 11.5. The molecule has 0 aromatic heterocycles. The first-order chi connectivity index (χ1) is 20.5. The predicted molar refractivity (Wildman–Crippen MR) is 183 cm³/mol. The molecule has 42 heavy (non-hydrogen) atoms. The Morgan fingerprint density at radius 1 is 0.571 bits per heavy atom. The minimum absolute atomic E-state index is 0.0827. The van der Waals surface area contributed by atoms with Crippen LogP contribution < -0.4 is 0 Å². The van der Waals surface area contributed by atoms with Crippen molar-refractivity contribution in [2.75, 3.05) is 7.11 Å². The third-order valence-electron chi connectivity index (χ3n) is 7.32. The molecule has 0 saturated carbocycles. The molecular formula is C38H68O4. The van der Waals surface area contributed by atoms with Crippen LogP contribution >= 0.6 is 0 Å². The molecule has 0 amide bonds. The zero-order valence-electron chi connectivity index (χ0n) is 28.1. The molecule has 1 N–H and O–H groups in total. The number of hydrogen-bond acceptors (Lipinski definition) is 3. The first-order valence-electron chi connectivity index (χ1n) is 17.4. The molecular weight excluding hydrogens is 520 g/mol. The van der Waals surface area contributed by atoms with E-state index in [1.165, 1.54) is 97.0 Å². The van der Waals surface area contributed by atoms with Crippen molar-refractivity contribution >= 4 is 11.9 Å². The fraction of sp³-hybridized carbons (Fsp3) is 0.737. The van der Waals surface area contributed by atoms with Crippen LogP contribution in [0.15, 0.2) is 48.6 Å². The molecule has 0 rings (SSSR count). The van der Waals surface area contributed by atoms with Gasteiger partial charge in [0.05, 0.1) is 13.0 Å². The highest BCUT2D eigenvalue weighted by atomic mass is 16.5. The first kappa shape index (κ1) is 42.0. The molecule has 1 atom stereocenters. The minimum atomic E-state index is -0.666. The zero-order chi connectivity index (χ0) is 31.4. The topological polar surface area (TPSA) is 63.6 Å². The molecule has 0 aliphatic carbocycles. The lowest BCUT2D eigenvalue weighted by Gasteiger charge is -2.04. The maximum atomic E-state index is 10.9. The highest BCUT2D eigenvalue weighted by Crippen LogP contribution is 2.12. The number of carbonyl (C=O) groups is 2. The second kappa shape index (κ2) is 36.9. The van der Waals surface area contributed by atoms with Crippen molar-refractivity contribution in [1.82, 2.24) is 0 Å². The van der Waals surface area contributed by atoms with E-state index in [0.717, 1.165) is 51.4 Å². The standard InChI is InChI=1S/2C19H34O2/c1-3-4-5-6-7-8-9-10-11-12-13-14-15-16-17-18-19(20)21-2;1-3-4-5-6-7-8-9-10-11-12-13-14-15-16-17-18(2)19(20)21/h7-8,10-11H,3-6,9,12-18H2,1-2H3;7-8,10-11,18H,3-6,9,12-17H2,1-2H3,(H,20,21)/b2*8-7-,11-10-. The summed E-state index contributed by atoms with van der Waals surface area (Å²) in [6, 6.07) is 0. The minimum Gasteiger partial charge on any atom is -0.481 e. The Morgan fingerprint density at radius 2 is 0.952 bits per heavy atom. The van der Waals surface area contributed by atoms with Crippen molar-refractivity contribution in [2.45, 2.75) is 168 Å². The number of ether oxygens (including phenoxy) is 1. The maximum Gasteiger partial charge on any atom is 0.306 e. The van der Waals surface area contributed by atoms with E-state index in [1.807, 2.05) is 0 Å². The van der Waals surface area contributed by atoms with Crippen LogP contribution in [-0.4, -0.2) is 24.2 Å². The van der Waals surface area contributed by atoms with Crippen LogP contribution in [0, 0.1) is 5.92 Å². The van der Waals surface area contributed by atoms with Gasteiger partial charge in [0.25, 0.3) is 0 Å². The fourth-order valence-corrected chi connectivity index (χ4v) is 4.39. The number of methoxy groups -OCH3 is 1. The Bertz CT molecular complexity index is 687. The number of aliphatic carboxylic acids is 1. The Hall–Kier alpha value is -2.10. The highest BCUT2D eigenvalue weighted by molar-refractivity contribution is 5.69. The molecule has 0 aliphatic heterocycles. The van der Waals surface area contributed by atoms with Gasteiger partial charge in [-0.05, 0) is 77.0 Å². The van der Waals surface area contributed by atoms with Crippen molar-refractivity contribution in [3.8, 4) is 0 Å². The van der Waals surface area contributed by atoms with E-state index >= 15 is 0 Å². The summed E-state index contributed by atoms with van der Waals surface area (Å²) in [5, 5.41) is 8.77. The number of carboxylic acid groups (broad SMARTS) is 1. The normalized spacial score (nSPS) is 12.4. The van der Waals surface area contributed by atoms with Crippen molar-refractivity contribution in [3.05, 3.63) is 48.6 Å². The van der Waals surface area contributed by atoms with Crippen LogP contribution in [0.5, 0.6) is 0 Å². The van der Waals surface area contributed by atoms with Gasteiger partial charge in [-0.1, -0.05) is 134 Å². The second-order valence-electron chi connectivity index (χ2n) is 11.5. The Labute approximate surface area is 261 Å². The Kier molecular flexibility index (Phi) is 37.0. The molecule has 0 aromatic carbocycles. The van der Waals surface area contributed by atoms with Crippen LogP contribution in [-0.2, 0) is 14.3 Å². The Morgan fingerprint density at radius 3 is 1.36 bits per heavy atom. The van der Waals surface area contributed by atoms with Crippen molar-refractivity contribution in [1.29, 1.82) is 0 Å². The van der Waals surface area contributed by atoms with E-state index in [1.54, 1.807) is 6.92 Å². The number of esters is 1. The summed E-state index contributed by atoms with van der Waals surface area (Å²) in [6.07, 6.45) is 44.9. The van der Waals surface area contributed by atoms with E-state index < -0.39 is 5.97 Å². The summed E-state index contributed by atoms with van der Waals surface area (Å²) < 4.78 is 4.62. The van der Waals surface area contributed by atoms with Crippen LogP contribution in [0.1, 0.15) is 168 Å². The van der Waals surface area contributed by atoms with Crippen LogP contribution in [0.3, 0.4) is 0 Å². The largest absolute Gasteiger partial charge is 0.481 e. The molecule has 0 fully saturated rings. The summed E-state index contributed by atoms with van der Waals surface area (Å²) in [5.41, 5.74) is 0. The summed E-state index contributed by atoms with van der Waals surface area (Å²) in [7, 11) is 1.45. The fourth-order valence-electron chi connectivity index (χ4n) is 4.39. The molecule has 4 nitrogen and oxygen atoms in total. The maximum absolute atomic E-state index is 10.9. The average molecular weight is 589 g/mol. The first-order valence-corrected chi connectivity index (χ1v) is 17.4. The molecule has 0 radical (unpaired) electrons. The summed E-state index contributed by atoms with van der Waals surface area (Å²) >= 11 is 0. The number of rotatable bonds is 28. The third-order valence-corrected chi connectivity index (χ3v) is 7.32. The number of allylic oxidation sites excluding steroid dienone is 8. The lowest BCUT2D eigenvalue weighted by molar-refractivity contribution is -0.142. The summed E-state index contributed by atoms with van der Waals surface area (Å²) in [4.78, 5) is 21.6. The van der Waals surface area contributed by atoms with Gasteiger partial charge in [-0.15, -0.1) is 0 Å². The van der Waals surface area contributed by atoms with Crippen LogP contribution in [0.4, 0.5) is 0 Å². The average Bonchev–Trinajstić information content (AvgIpc) is 2.99. The lowest BCUT2D eigenvalue weighted by Crippen LogP contribution is -2.08. The quantitative estimate of drug-likeness (QED) is 0.0561. The SMILES string of the molecule is CCCCC/C=C\C/C=C\CCCCCCC(C)C(=O)O.CCCCC/C=C\C/C=C\CCCCCCCC(=O)OC. The van der Waals surface area contributed by atoms with E-state index in [0.29, 0.717) is 6.42 Å². The van der Waals surface area contributed by atoms with Gasteiger partial charge >= 0.3 is 11.9 Å². The van der Waals surface area contributed by atoms with E-state index in [4.69, 9.17) is 5.11 Å².